The third-order valence-electron chi connectivity index (χ3n) is 3.71. The first kappa shape index (κ1) is 19.0. The van der Waals surface area contributed by atoms with Gasteiger partial charge >= 0.3 is 6.18 Å². The SMILES string of the molecule is COC[C@H](NC(=O)[C@H](N)c1ccccc1)c1cccc(C(F)(F)F)c1. The van der Waals surface area contributed by atoms with E-state index in [0.717, 1.165) is 12.1 Å². The highest BCUT2D eigenvalue weighted by Gasteiger charge is 2.31. The van der Waals surface area contributed by atoms with Crippen LogP contribution in [0.2, 0.25) is 0 Å². The molecule has 7 heteroatoms. The number of nitrogens with one attached hydrogen (secondary N) is 1. The Morgan fingerprint density at radius 3 is 2.36 bits per heavy atom. The number of hydrogen-bond donors (Lipinski definition) is 2. The van der Waals surface area contributed by atoms with Crippen molar-refractivity contribution in [1.82, 2.24) is 5.32 Å². The molecule has 4 nitrogen and oxygen atoms in total. The van der Waals surface area contributed by atoms with Crippen LogP contribution in [0.3, 0.4) is 0 Å². The van der Waals surface area contributed by atoms with Crippen molar-refractivity contribution in [3.05, 3.63) is 71.3 Å². The molecule has 0 aliphatic rings. The van der Waals surface area contributed by atoms with Crippen molar-refractivity contribution < 1.29 is 22.7 Å². The van der Waals surface area contributed by atoms with Gasteiger partial charge in [-0.1, -0.05) is 42.5 Å². The molecule has 0 spiro atoms. The summed E-state index contributed by atoms with van der Waals surface area (Å²) in [6.07, 6.45) is -4.46. The van der Waals surface area contributed by atoms with E-state index >= 15 is 0 Å². The van der Waals surface area contributed by atoms with Gasteiger partial charge in [-0.15, -0.1) is 0 Å². The monoisotopic (exact) mass is 352 g/mol. The lowest BCUT2D eigenvalue weighted by Gasteiger charge is -2.22. The summed E-state index contributed by atoms with van der Waals surface area (Å²) in [5, 5.41) is 2.65. The molecule has 0 heterocycles. The van der Waals surface area contributed by atoms with E-state index in [1.54, 1.807) is 30.3 Å². The third-order valence-corrected chi connectivity index (χ3v) is 3.71. The van der Waals surface area contributed by atoms with Gasteiger partial charge in [-0.05, 0) is 23.3 Å². The van der Waals surface area contributed by atoms with Crippen molar-refractivity contribution in [2.45, 2.75) is 18.3 Å². The molecule has 0 fully saturated rings. The Hall–Kier alpha value is -2.38. The normalized spacial score (nSPS) is 14.0. The molecule has 134 valence electrons. The topological polar surface area (TPSA) is 64.3 Å². The van der Waals surface area contributed by atoms with E-state index < -0.39 is 29.7 Å². The third kappa shape index (κ3) is 5.04. The van der Waals surface area contributed by atoms with Gasteiger partial charge in [-0.25, -0.2) is 0 Å². The molecular formula is C18H19F3N2O2. The fraction of sp³-hybridized carbons (Fsp3) is 0.278. The minimum Gasteiger partial charge on any atom is -0.382 e. The van der Waals surface area contributed by atoms with Gasteiger partial charge < -0.3 is 15.8 Å². The Labute approximate surface area is 143 Å². The van der Waals surface area contributed by atoms with Crippen LogP contribution in [0.4, 0.5) is 13.2 Å². The van der Waals surface area contributed by atoms with Gasteiger partial charge in [0.1, 0.15) is 6.04 Å². The number of carbonyl (C=O) groups excluding carboxylic acids is 1. The van der Waals surface area contributed by atoms with Crippen molar-refractivity contribution >= 4 is 5.91 Å². The van der Waals surface area contributed by atoms with Crippen LogP contribution >= 0.6 is 0 Å². The van der Waals surface area contributed by atoms with E-state index in [2.05, 4.69) is 5.32 Å². The molecule has 0 aliphatic heterocycles. The van der Waals surface area contributed by atoms with Crippen molar-refractivity contribution in [3.63, 3.8) is 0 Å². The largest absolute Gasteiger partial charge is 0.416 e. The second-order valence-electron chi connectivity index (χ2n) is 5.53. The molecule has 2 rings (SSSR count). The molecule has 0 aromatic heterocycles. The molecule has 0 unspecified atom stereocenters. The van der Waals surface area contributed by atoms with Crippen LogP contribution in [0, 0.1) is 0 Å². The Bertz CT molecular complexity index is 705. The number of amides is 1. The van der Waals surface area contributed by atoms with Crippen molar-refractivity contribution in [3.8, 4) is 0 Å². The molecule has 3 N–H and O–H groups in total. The fourth-order valence-corrected chi connectivity index (χ4v) is 2.39. The predicted molar refractivity (Wildman–Crippen MR) is 87.6 cm³/mol. The minimum atomic E-state index is -4.46. The van der Waals surface area contributed by atoms with E-state index in [4.69, 9.17) is 10.5 Å². The number of alkyl halides is 3. The second-order valence-corrected chi connectivity index (χ2v) is 5.53. The number of rotatable bonds is 6. The highest BCUT2D eigenvalue weighted by atomic mass is 19.4. The zero-order chi connectivity index (χ0) is 18.4. The van der Waals surface area contributed by atoms with E-state index in [0.29, 0.717) is 11.1 Å². The molecular weight excluding hydrogens is 333 g/mol. The number of nitrogens with two attached hydrogens (primary N) is 1. The highest BCUT2D eigenvalue weighted by molar-refractivity contribution is 5.83. The minimum absolute atomic E-state index is 0.0224. The number of halogens is 3. The van der Waals surface area contributed by atoms with Crippen molar-refractivity contribution in [1.29, 1.82) is 0 Å². The van der Waals surface area contributed by atoms with Gasteiger partial charge in [0.25, 0.3) is 0 Å². The summed E-state index contributed by atoms with van der Waals surface area (Å²) in [6.45, 7) is 0.0224. The molecule has 0 radical (unpaired) electrons. The maximum Gasteiger partial charge on any atom is 0.416 e. The van der Waals surface area contributed by atoms with E-state index in [1.165, 1.54) is 19.2 Å². The van der Waals surface area contributed by atoms with Gasteiger partial charge in [0.2, 0.25) is 5.91 Å². The lowest BCUT2D eigenvalue weighted by molar-refractivity contribution is -0.137. The first-order valence-electron chi connectivity index (χ1n) is 7.60. The fourth-order valence-electron chi connectivity index (χ4n) is 2.39. The number of hydrogen-bond acceptors (Lipinski definition) is 3. The summed E-state index contributed by atoms with van der Waals surface area (Å²) in [5.74, 6) is -0.495. The summed E-state index contributed by atoms with van der Waals surface area (Å²) in [5.41, 5.74) is 6.05. The molecule has 25 heavy (non-hydrogen) atoms. The van der Waals surface area contributed by atoms with Gasteiger partial charge in [0, 0.05) is 7.11 Å². The Morgan fingerprint density at radius 1 is 1.12 bits per heavy atom. The molecule has 0 saturated heterocycles. The first-order valence-corrected chi connectivity index (χ1v) is 7.60. The molecule has 2 aromatic carbocycles. The van der Waals surface area contributed by atoms with Gasteiger partial charge in [-0.2, -0.15) is 13.2 Å². The van der Waals surface area contributed by atoms with Gasteiger partial charge in [0.05, 0.1) is 18.2 Å². The maximum absolute atomic E-state index is 12.9. The molecule has 0 bridgehead atoms. The van der Waals surface area contributed by atoms with Gasteiger partial charge in [0.15, 0.2) is 0 Å². The lowest BCUT2D eigenvalue weighted by atomic mass is 10.0. The zero-order valence-electron chi connectivity index (χ0n) is 13.6. The number of methoxy groups -OCH3 is 1. The van der Waals surface area contributed by atoms with Crippen LogP contribution in [0.15, 0.2) is 54.6 Å². The smallest absolute Gasteiger partial charge is 0.382 e. The van der Waals surface area contributed by atoms with Crippen LogP contribution in [-0.2, 0) is 15.7 Å². The average Bonchev–Trinajstić information content (AvgIpc) is 2.60. The second kappa shape index (κ2) is 8.13. The Kier molecular flexibility index (Phi) is 6.17. The first-order chi connectivity index (χ1) is 11.8. The number of carbonyl (C=O) groups is 1. The predicted octanol–water partition coefficient (Wildman–Crippen LogP) is 3.21. The van der Waals surface area contributed by atoms with E-state index in [9.17, 15) is 18.0 Å². The maximum atomic E-state index is 12.9. The van der Waals surface area contributed by atoms with Crippen molar-refractivity contribution in [2.24, 2.45) is 5.73 Å². The highest BCUT2D eigenvalue weighted by Crippen LogP contribution is 2.31. The van der Waals surface area contributed by atoms with Crippen LogP contribution < -0.4 is 11.1 Å². The van der Waals surface area contributed by atoms with Crippen LogP contribution in [0.1, 0.15) is 28.8 Å². The summed E-state index contributed by atoms with van der Waals surface area (Å²) in [7, 11) is 1.41. The average molecular weight is 352 g/mol. The standard InChI is InChI=1S/C18H19F3N2O2/c1-25-11-15(13-8-5-9-14(10-13)18(19,20)21)23-17(24)16(22)12-6-3-2-4-7-12/h2-10,15-16H,11,22H2,1H3,(H,23,24)/t15-,16+/m0/s1. The lowest BCUT2D eigenvalue weighted by Crippen LogP contribution is -2.38. The summed E-state index contributed by atoms with van der Waals surface area (Å²) in [6, 6.07) is 11.8. The number of ether oxygens (including phenoxy) is 1. The number of benzene rings is 2. The quantitative estimate of drug-likeness (QED) is 0.839. The summed E-state index contributed by atoms with van der Waals surface area (Å²) < 4.78 is 43.7. The molecule has 2 atom stereocenters. The molecule has 0 aliphatic carbocycles. The zero-order valence-corrected chi connectivity index (χ0v) is 13.6. The summed E-state index contributed by atoms with van der Waals surface area (Å²) in [4.78, 5) is 12.4. The molecule has 2 aromatic rings. The molecule has 1 amide bonds. The van der Waals surface area contributed by atoms with Crippen molar-refractivity contribution in [2.75, 3.05) is 13.7 Å². The van der Waals surface area contributed by atoms with Gasteiger partial charge in [-0.3, -0.25) is 4.79 Å². The molecule has 0 saturated carbocycles. The van der Waals surface area contributed by atoms with Crippen LogP contribution in [0.5, 0.6) is 0 Å². The van der Waals surface area contributed by atoms with Crippen LogP contribution in [-0.4, -0.2) is 19.6 Å². The summed E-state index contributed by atoms with van der Waals surface area (Å²) >= 11 is 0. The van der Waals surface area contributed by atoms with E-state index in [-0.39, 0.29) is 6.61 Å². The van der Waals surface area contributed by atoms with Crippen LogP contribution in [0.25, 0.3) is 0 Å². The Morgan fingerprint density at radius 2 is 1.76 bits per heavy atom. The van der Waals surface area contributed by atoms with E-state index in [1.807, 2.05) is 0 Å². The Balaban J connectivity index is 2.20.